The molecule has 134 valence electrons. The van der Waals surface area contributed by atoms with E-state index in [0.717, 1.165) is 16.9 Å². The molecule has 1 amide bonds. The summed E-state index contributed by atoms with van der Waals surface area (Å²) in [5.41, 5.74) is 1.70. The standard InChI is InChI=1S/C19H18ClN3O3/c1-2-25-16-9-3-13(4-10-16)11-17(24)21-12-18-22-19(23-26-18)14-5-7-15(20)8-6-14/h3-10H,2,11-12H2,1H3,(H,21,24). The lowest BCUT2D eigenvalue weighted by molar-refractivity contribution is -0.120. The molecule has 6 nitrogen and oxygen atoms in total. The zero-order chi connectivity index (χ0) is 18.4. The van der Waals surface area contributed by atoms with Gasteiger partial charge in [0.25, 0.3) is 0 Å². The Morgan fingerprint density at radius 1 is 1.15 bits per heavy atom. The summed E-state index contributed by atoms with van der Waals surface area (Å²) in [7, 11) is 0. The van der Waals surface area contributed by atoms with Gasteiger partial charge in [0.1, 0.15) is 5.75 Å². The van der Waals surface area contributed by atoms with Crippen LogP contribution in [0.25, 0.3) is 11.4 Å². The fraction of sp³-hybridized carbons (Fsp3) is 0.211. The summed E-state index contributed by atoms with van der Waals surface area (Å²) in [6, 6.07) is 14.6. The molecule has 7 heteroatoms. The number of nitrogens with zero attached hydrogens (tertiary/aromatic N) is 2. The van der Waals surface area contributed by atoms with E-state index in [0.29, 0.717) is 23.3 Å². The summed E-state index contributed by atoms with van der Waals surface area (Å²) in [5, 5.41) is 7.32. The summed E-state index contributed by atoms with van der Waals surface area (Å²) in [4.78, 5) is 16.3. The normalized spacial score (nSPS) is 10.5. The van der Waals surface area contributed by atoms with Crippen molar-refractivity contribution in [2.45, 2.75) is 19.9 Å². The van der Waals surface area contributed by atoms with Crippen molar-refractivity contribution in [2.24, 2.45) is 0 Å². The maximum absolute atomic E-state index is 12.1. The molecule has 0 atom stereocenters. The van der Waals surface area contributed by atoms with Gasteiger partial charge in [-0.05, 0) is 48.9 Å². The maximum Gasteiger partial charge on any atom is 0.246 e. The molecule has 3 rings (SSSR count). The van der Waals surface area contributed by atoms with Crippen molar-refractivity contribution in [2.75, 3.05) is 6.61 Å². The van der Waals surface area contributed by atoms with Gasteiger partial charge < -0.3 is 14.6 Å². The van der Waals surface area contributed by atoms with Crippen molar-refractivity contribution < 1.29 is 14.1 Å². The molecule has 3 aromatic rings. The minimum Gasteiger partial charge on any atom is -0.494 e. The highest BCUT2D eigenvalue weighted by atomic mass is 35.5. The third kappa shape index (κ3) is 4.83. The number of hydrogen-bond acceptors (Lipinski definition) is 5. The summed E-state index contributed by atoms with van der Waals surface area (Å²) in [6.07, 6.45) is 0.268. The molecular formula is C19H18ClN3O3. The Hall–Kier alpha value is -2.86. The van der Waals surface area contributed by atoms with E-state index in [1.165, 1.54) is 0 Å². The van der Waals surface area contributed by atoms with E-state index >= 15 is 0 Å². The lowest BCUT2D eigenvalue weighted by Crippen LogP contribution is -2.24. The van der Waals surface area contributed by atoms with Crippen LogP contribution in [-0.4, -0.2) is 22.7 Å². The smallest absolute Gasteiger partial charge is 0.246 e. The number of aromatic nitrogens is 2. The van der Waals surface area contributed by atoms with Crippen molar-refractivity contribution in [3.05, 3.63) is 65.0 Å². The molecule has 0 aliphatic rings. The quantitative estimate of drug-likeness (QED) is 0.686. The van der Waals surface area contributed by atoms with Gasteiger partial charge in [-0.2, -0.15) is 4.98 Å². The molecule has 0 saturated heterocycles. The number of rotatable bonds is 7. The van der Waals surface area contributed by atoms with Gasteiger partial charge in [0.15, 0.2) is 0 Å². The molecule has 0 saturated carbocycles. The van der Waals surface area contributed by atoms with Crippen LogP contribution in [0.2, 0.25) is 5.02 Å². The number of carbonyl (C=O) groups excluding carboxylic acids is 1. The van der Waals surface area contributed by atoms with E-state index < -0.39 is 0 Å². The molecule has 0 aliphatic heterocycles. The number of halogens is 1. The molecule has 0 spiro atoms. The largest absolute Gasteiger partial charge is 0.494 e. The van der Waals surface area contributed by atoms with E-state index in [-0.39, 0.29) is 18.9 Å². The Morgan fingerprint density at radius 3 is 2.58 bits per heavy atom. The highest BCUT2D eigenvalue weighted by Crippen LogP contribution is 2.18. The molecule has 0 fully saturated rings. The van der Waals surface area contributed by atoms with Gasteiger partial charge >= 0.3 is 0 Å². The second-order valence-electron chi connectivity index (χ2n) is 5.55. The van der Waals surface area contributed by atoms with Crippen LogP contribution in [0, 0.1) is 0 Å². The first-order valence-corrected chi connectivity index (χ1v) is 8.59. The van der Waals surface area contributed by atoms with Crippen molar-refractivity contribution in [1.82, 2.24) is 15.5 Å². The van der Waals surface area contributed by atoms with Gasteiger partial charge in [-0.3, -0.25) is 4.79 Å². The Morgan fingerprint density at radius 2 is 1.88 bits per heavy atom. The van der Waals surface area contributed by atoms with Crippen LogP contribution in [0.15, 0.2) is 53.1 Å². The molecule has 1 N–H and O–H groups in total. The fourth-order valence-corrected chi connectivity index (χ4v) is 2.46. The Kier molecular flexibility index (Phi) is 5.86. The van der Waals surface area contributed by atoms with Gasteiger partial charge in [0.2, 0.25) is 17.6 Å². The van der Waals surface area contributed by atoms with Crippen LogP contribution in [0.1, 0.15) is 18.4 Å². The molecule has 0 aliphatic carbocycles. The third-order valence-corrected chi connectivity index (χ3v) is 3.86. The first-order chi connectivity index (χ1) is 12.6. The van der Waals surface area contributed by atoms with E-state index in [1.807, 2.05) is 43.3 Å². The van der Waals surface area contributed by atoms with E-state index in [1.54, 1.807) is 12.1 Å². The molecule has 1 heterocycles. The molecule has 1 aromatic heterocycles. The Balaban J connectivity index is 1.52. The van der Waals surface area contributed by atoms with Gasteiger partial charge in [0.05, 0.1) is 19.6 Å². The Bertz CT molecular complexity index is 860. The SMILES string of the molecule is CCOc1ccc(CC(=O)NCc2nc(-c3ccc(Cl)cc3)no2)cc1. The van der Waals surface area contributed by atoms with Crippen molar-refractivity contribution in [1.29, 1.82) is 0 Å². The van der Waals surface area contributed by atoms with Crippen LogP contribution in [-0.2, 0) is 17.8 Å². The number of hydrogen-bond donors (Lipinski definition) is 1. The predicted molar refractivity (Wildman–Crippen MR) is 97.9 cm³/mol. The highest BCUT2D eigenvalue weighted by molar-refractivity contribution is 6.30. The highest BCUT2D eigenvalue weighted by Gasteiger charge is 2.10. The van der Waals surface area contributed by atoms with Gasteiger partial charge in [-0.15, -0.1) is 0 Å². The maximum atomic E-state index is 12.1. The van der Waals surface area contributed by atoms with Crippen molar-refractivity contribution in [3.8, 4) is 17.1 Å². The van der Waals surface area contributed by atoms with E-state index in [4.69, 9.17) is 20.9 Å². The van der Waals surface area contributed by atoms with Crippen molar-refractivity contribution >= 4 is 17.5 Å². The summed E-state index contributed by atoms with van der Waals surface area (Å²) < 4.78 is 10.5. The summed E-state index contributed by atoms with van der Waals surface area (Å²) in [6.45, 7) is 2.72. The zero-order valence-corrected chi connectivity index (χ0v) is 15.0. The number of benzene rings is 2. The number of amides is 1. The summed E-state index contributed by atoms with van der Waals surface area (Å²) in [5.74, 6) is 1.46. The molecule has 0 radical (unpaired) electrons. The molecule has 0 bridgehead atoms. The van der Waals surface area contributed by atoms with Crippen LogP contribution < -0.4 is 10.1 Å². The van der Waals surface area contributed by atoms with Crippen LogP contribution in [0.4, 0.5) is 0 Å². The summed E-state index contributed by atoms with van der Waals surface area (Å²) >= 11 is 5.86. The number of ether oxygens (including phenoxy) is 1. The van der Waals surface area contributed by atoms with E-state index in [2.05, 4.69) is 15.5 Å². The fourth-order valence-electron chi connectivity index (χ4n) is 2.34. The average Bonchev–Trinajstić information content (AvgIpc) is 3.11. The number of carbonyl (C=O) groups is 1. The first kappa shape index (κ1) is 17.9. The number of nitrogens with one attached hydrogen (secondary N) is 1. The third-order valence-electron chi connectivity index (χ3n) is 3.61. The minimum atomic E-state index is -0.125. The van der Waals surface area contributed by atoms with Crippen LogP contribution in [0.3, 0.4) is 0 Å². The van der Waals surface area contributed by atoms with Crippen molar-refractivity contribution in [3.63, 3.8) is 0 Å². The lowest BCUT2D eigenvalue weighted by Gasteiger charge is -2.05. The zero-order valence-electron chi connectivity index (χ0n) is 14.2. The van der Waals surface area contributed by atoms with Gasteiger partial charge in [0, 0.05) is 10.6 Å². The first-order valence-electron chi connectivity index (χ1n) is 8.21. The lowest BCUT2D eigenvalue weighted by atomic mass is 10.1. The topological polar surface area (TPSA) is 77.2 Å². The van der Waals surface area contributed by atoms with Gasteiger partial charge in [-0.1, -0.05) is 28.9 Å². The monoisotopic (exact) mass is 371 g/mol. The molecule has 2 aromatic carbocycles. The molecular weight excluding hydrogens is 354 g/mol. The van der Waals surface area contributed by atoms with Crippen LogP contribution >= 0.6 is 11.6 Å². The molecule has 0 unspecified atom stereocenters. The van der Waals surface area contributed by atoms with Gasteiger partial charge in [-0.25, -0.2) is 0 Å². The second-order valence-corrected chi connectivity index (χ2v) is 5.99. The minimum absolute atomic E-state index is 0.125. The second kappa shape index (κ2) is 8.49. The van der Waals surface area contributed by atoms with Crippen LogP contribution in [0.5, 0.6) is 5.75 Å². The predicted octanol–water partition coefficient (Wildman–Crippen LogP) is 3.65. The van der Waals surface area contributed by atoms with E-state index in [9.17, 15) is 4.79 Å². The molecule has 26 heavy (non-hydrogen) atoms. The average molecular weight is 372 g/mol. The Labute approximate surface area is 156 Å².